The number of halogens is 1. The number of nitrogens with one attached hydrogen (secondary N) is 2. The van der Waals surface area contributed by atoms with E-state index in [-0.39, 0.29) is 23.4 Å². The Kier molecular flexibility index (Phi) is 6.14. The molecule has 8 nitrogen and oxygen atoms in total. The first-order chi connectivity index (χ1) is 15.5. The largest absolute Gasteiger partial charge is 0.497 e. The van der Waals surface area contributed by atoms with Crippen molar-refractivity contribution in [2.24, 2.45) is 0 Å². The van der Waals surface area contributed by atoms with Crippen molar-refractivity contribution in [2.75, 3.05) is 17.7 Å². The van der Waals surface area contributed by atoms with Crippen LogP contribution in [0, 0.1) is 0 Å². The van der Waals surface area contributed by atoms with Crippen LogP contribution < -0.4 is 15.4 Å². The lowest BCUT2D eigenvalue weighted by Crippen LogP contribution is -2.18. The molecule has 3 aromatic carbocycles. The highest BCUT2D eigenvalue weighted by Gasteiger charge is 2.17. The second-order valence-corrected chi connectivity index (χ2v) is 7.04. The predicted octanol–water partition coefficient (Wildman–Crippen LogP) is 4.90. The molecule has 0 bridgehead atoms. The third-order valence-corrected chi connectivity index (χ3v) is 4.76. The van der Waals surface area contributed by atoms with Crippen LogP contribution in [-0.4, -0.2) is 29.1 Å². The van der Waals surface area contributed by atoms with Crippen molar-refractivity contribution in [3.05, 3.63) is 88.9 Å². The number of carbonyl (C=O) groups is 2. The number of benzene rings is 3. The number of methoxy groups -OCH3 is 1. The van der Waals surface area contributed by atoms with Crippen LogP contribution in [0.1, 0.15) is 20.7 Å². The van der Waals surface area contributed by atoms with Gasteiger partial charge in [0.15, 0.2) is 0 Å². The Morgan fingerprint density at radius 1 is 0.875 bits per heavy atom. The second-order valence-electron chi connectivity index (χ2n) is 6.60. The molecule has 0 radical (unpaired) electrons. The van der Waals surface area contributed by atoms with Crippen molar-refractivity contribution in [1.82, 2.24) is 10.2 Å². The summed E-state index contributed by atoms with van der Waals surface area (Å²) < 4.78 is 10.7. The summed E-state index contributed by atoms with van der Waals surface area (Å²) in [6.07, 6.45) is 0. The van der Waals surface area contributed by atoms with Gasteiger partial charge in [0.1, 0.15) is 5.75 Å². The van der Waals surface area contributed by atoms with Crippen LogP contribution in [0.3, 0.4) is 0 Å². The molecule has 4 rings (SSSR count). The molecule has 32 heavy (non-hydrogen) atoms. The molecule has 160 valence electrons. The molecular weight excluding hydrogens is 432 g/mol. The van der Waals surface area contributed by atoms with E-state index in [1.54, 1.807) is 79.9 Å². The summed E-state index contributed by atoms with van der Waals surface area (Å²) >= 11 is 5.86. The third-order valence-electron chi connectivity index (χ3n) is 4.51. The smallest absolute Gasteiger partial charge is 0.322 e. The molecule has 0 aliphatic carbocycles. The quantitative estimate of drug-likeness (QED) is 0.434. The minimum atomic E-state index is -0.512. The molecule has 0 spiro atoms. The summed E-state index contributed by atoms with van der Waals surface area (Å²) in [5.74, 6) is 0.0507. The van der Waals surface area contributed by atoms with Gasteiger partial charge < -0.3 is 14.5 Å². The fraction of sp³-hybridized carbons (Fsp3) is 0.0435. The Morgan fingerprint density at radius 2 is 1.59 bits per heavy atom. The molecular formula is C23H17ClN4O4. The van der Waals surface area contributed by atoms with Crippen LogP contribution >= 0.6 is 11.6 Å². The Bertz CT molecular complexity index is 1250. The number of hydrogen-bond acceptors (Lipinski definition) is 6. The van der Waals surface area contributed by atoms with E-state index in [9.17, 15) is 9.59 Å². The lowest BCUT2D eigenvalue weighted by atomic mass is 10.1. The van der Waals surface area contributed by atoms with Gasteiger partial charge >= 0.3 is 6.01 Å². The number of hydrogen-bond donors (Lipinski definition) is 2. The molecule has 2 N–H and O–H groups in total. The zero-order valence-corrected chi connectivity index (χ0v) is 17.6. The highest BCUT2D eigenvalue weighted by atomic mass is 35.5. The maximum atomic E-state index is 12.8. The Labute approximate surface area is 188 Å². The number of amides is 2. The average Bonchev–Trinajstić information content (AvgIpc) is 3.28. The SMILES string of the molecule is COc1ccc(-c2nnc(NC(=O)c3ccccc3NC(=O)c3ccc(Cl)cc3)o2)cc1. The second kappa shape index (κ2) is 9.32. The van der Waals surface area contributed by atoms with Gasteiger partial charge in [-0.2, -0.15) is 0 Å². The minimum absolute atomic E-state index is 0.0698. The van der Waals surface area contributed by atoms with E-state index in [4.69, 9.17) is 20.8 Å². The van der Waals surface area contributed by atoms with Crippen LogP contribution in [0.2, 0.25) is 5.02 Å². The summed E-state index contributed by atoms with van der Waals surface area (Å²) in [4.78, 5) is 25.3. The molecule has 0 atom stereocenters. The molecule has 9 heteroatoms. The standard InChI is InChI=1S/C23H17ClN4O4/c1-31-17-12-8-15(9-13-17)22-27-28-23(32-22)26-21(30)18-4-2-3-5-19(18)25-20(29)14-6-10-16(24)11-7-14/h2-13H,1H3,(H,25,29)(H,26,28,30). The fourth-order valence-corrected chi connectivity index (χ4v) is 3.00. The predicted molar refractivity (Wildman–Crippen MR) is 120 cm³/mol. The van der Waals surface area contributed by atoms with Crippen LogP contribution in [0.5, 0.6) is 5.75 Å². The number of anilines is 2. The minimum Gasteiger partial charge on any atom is -0.497 e. The zero-order chi connectivity index (χ0) is 22.5. The summed E-state index contributed by atoms with van der Waals surface area (Å²) in [6.45, 7) is 0. The maximum absolute atomic E-state index is 12.8. The van der Waals surface area contributed by atoms with Gasteiger partial charge in [-0.3, -0.25) is 14.9 Å². The van der Waals surface area contributed by atoms with Gasteiger partial charge in [-0.1, -0.05) is 28.8 Å². The molecule has 4 aromatic rings. The maximum Gasteiger partial charge on any atom is 0.322 e. The first-order valence-corrected chi connectivity index (χ1v) is 9.86. The van der Waals surface area contributed by atoms with Crippen molar-refractivity contribution >= 4 is 35.1 Å². The Morgan fingerprint density at radius 3 is 2.31 bits per heavy atom. The van der Waals surface area contributed by atoms with Crippen molar-refractivity contribution in [3.8, 4) is 17.2 Å². The molecule has 0 saturated heterocycles. The summed E-state index contributed by atoms with van der Waals surface area (Å²) in [5.41, 5.74) is 1.65. The zero-order valence-electron chi connectivity index (χ0n) is 16.8. The lowest BCUT2D eigenvalue weighted by Gasteiger charge is -2.10. The monoisotopic (exact) mass is 448 g/mol. The first-order valence-electron chi connectivity index (χ1n) is 9.49. The van der Waals surface area contributed by atoms with Crippen molar-refractivity contribution in [1.29, 1.82) is 0 Å². The topological polar surface area (TPSA) is 106 Å². The normalized spacial score (nSPS) is 10.4. The van der Waals surface area contributed by atoms with E-state index in [2.05, 4.69) is 20.8 Å². The number of nitrogens with zero attached hydrogens (tertiary/aromatic N) is 2. The molecule has 2 amide bonds. The first kappa shape index (κ1) is 21.1. The van der Waals surface area contributed by atoms with E-state index in [0.717, 1.165) is 0 Å². The number of ether oxygens (including phenoxy) is 1. The van der Waals surface area contributed by atoms with Gasteiger partial charge in [0.25, 0.3) is 11.8 Å². The average molecular weight is 449 g/mol. The van der Waals surface area contributed by atoms with E-state index in [1.807, 2.05) is 0 Å². The Balaban J connectivity index is 1.49. The highest BCUT2D eigenvalue weighted by Crippen LogP contribution is 2.24. The van der Waals surface area contributed by atoms with Crippen LogP contribution in [0.15, 0.2) is 77.2 Å². The molecule has 0 fully saturated rings. The van der Waals surface area contributed by atoms with Crippen LogP contribution in [-0.2, 0) is 0 Å². The molecule has 1 aromatic heterocycles. The highest BCUT2D eigenvalue weighted by molar-refractivity contribution is 6.30. The lowest BCUT2D eigenvalue weighted by molar-refractivity contribution is 0.102. The van der Waals surface area contributed by atoms with Crippen molar-refractivity contribution in [2.45, 2.75) is 0 Å². The van der Waals surface area contributed by atoms with Gasteiger partial charge in [0.05, 0.1) is 18.4 Å². The van der Waals surface area contributed by atoms with Gasteiger partial charge in [-0.15, -0.1) is 5.10 Å². The Hall–Kier alpha value is -4.17. The molecule has 0 unspecified atom stereocenters. The van der Waals surface area contributed by atoms with Crippen molar-refractivity contribution in [3.63, 3.8) is 0 Å². The van der Waals surface area contributed by atoms with E-state index < -0.39 is 5.91 Å². The number of para-hydroxylation sites is 1. The van der Waals surface area contributed by atoms with Crippen LogP contribution in [0.25, 0.3) is 11.5 Å². The van der Waals surface area contributed by atoms with Gasteiger partial charge in [0, 0.05) is 16.1 Å². The van der Waals surface area contributed by atoms with Crippen LogP contribution in [0.4, 0.5) is 11.7 Å². The third kappa shape index (κ3) is 4.76. The van der Waals surface area contributed by atoms with Gasteiger partial charge in [0.2, 0.25) is 5.89 Å². The number of aromatic nitrogens is 2. The number of carbonyl (C=O) groups excluding carboxylic acids is 2. The van der Waals surface area contributed by atoms with Gasteiger partial charge in [-0.05, 0) is 60.7 Å². The van der Waals surface area contributed by atoms with E-state index in [1.165, 1.54) is 0 Å². The molecule has 0 aliphatic heterocycles. The van der Waals surface area contributed by atoms with Gasteiger partial charge in [-0.25, -0.2) is 0 Å². The fourth-order valence-electron chi connectivity index (χ4n) is 2.87. The van der Waals surface area contributed by atoms with E-state index in [0.29, 0.717) is 27.6 Å². The van der Waals surface area contributed by atoms with Crippen molar-refractivity contribution < 1.29 is 18.7 Å². The molecule has 0 saturated carbocycles. The summed E-state index contributed by atoms with van der Waals surface area (Å²) in [7, 11) is 1.57. The van der Waals surface area contributed by atoms with E-state index >= 15 is 0 Å². The number of rotatable bonds is 6. The summed E-state index contributed by atoms with van der Waals surface area (Å²) in [6, 6.07) is 20.0. The molecule has 0 aliphatic rings. The summed E-state index contributed by atoms with van der Waals surface area (Å²) in [5, 5.41) is 13.6. The molecule has 1 heterocycles.